The standard InChI is InChI=1S/C24H19ClF4N4O/c1-24(2,34)23-31-9-13(10-32-23)12-7-15-19(16(25)11-30-20(15)18(27)8-12)33-21(22(28)29)14-5-3-4-6-17(14)26/h3-11,21-22,34H,1-2H3,(H,30,33)/t21-/m0/s1. The van der Waals surface area contributed by atoms with E-state index in [0.717, 1.165) is 12.3 Å². The van der Waals surface area contributed by atoms with Gasteiger partial charge in [-0.3, -0.25) is 4.98 Å². The number of aromatic nitrogens is 3. The van der Waals surface area contributed by atoms with E-state index in [-0.39, 0.29) is 33.0 Å². The number of rotatable bonds is 6. The molecule has 2 heterocycles. The minimum atomic E-state index is -2.99. The first-order valence-corrected chi connectivity index (χ1v) is 10.6. The highest BCUT2D eigenvalue weighted by Crippen LogP contribution is 2.38. The second kappa shape index (κ2) is 9.15. The summed E-state index contributed by atoms with van der Waals surface area (Å²) >= 11 is 6.26. The van der Waals surface area contributed by atoms with Crippen molar-refractivity contribution in [1.82, 2.24) is 15.0 Å². The molecule has 0 unspecified atom stereocenters. The SMILES string of the molecule is CC(C)(O)c1ncc(-c2cc(F)c3ncc(Cl)c(N[C@@H](c4ccccc4F)C(F)F)c3c2)cn1. The van der Waals surface area contributed by atoms with Gasteiger partial charge in [0, 0.05) is 35.1 Å². The molecule has 0 aliphatic rings. The summed E-state index contributed by atoms with van der Waals surface area (Å²) in [5.74, 6) is -1.36. The number of nitrogens with one attached hydrogen (secondary N) is 1. The van der Waals surface area contributed by atoms with E-state index in [0.29, 0.717) is 11.1 Å². The molecular formula is C24H19ClF4N4O. The number of aliphatic hydroxyl groups is 1. The molecule has 176 valence electrons. The predicted molar refractivity (Wildman–Crippen MR) is 122 cm³/mol. The maximum atomic E-state index is 15.0. The van der Waals surface area contributed by atoms with Crippen molar-refractivity contribution in [2.75, 3.05) is 5.32 Å². The van der Waals surface area contributed by atoms with Crippen molar-refractivity contribution in [2.45, 2.75) is 31.9 Å². The van der Waals surface area contributed by atoms with Crippen LogP contribution in [0.5, 0.6) is 0 Å². The Bertz CT molecular complexity index is 1340. The number of hydrogen-bond acceptors (Lipinski definition) is 5. The van der Waals surface area contributed by atoms with Crippen LogP contribution in [0.25, 0.3) is 22.0 Å². The molecule has 2 aromatic heterocycles. The third kappa shape index (κ3) is 4.67. The van der Waals surface area contributed by atoms with Crippen LogP contribution in [0.15, 0.2) is 55.0 Å². The van der Waals surface area contributed by atoms with Crippen LogP contribution >= 0.6 is 11.6 Å². The highest BCUT2D eigenvalue weighted by atomic mass is 35.5. The predicted octanol–water partition coefficient (Wildman–Crippen LogP) is 6.27. The highest BCUT2D eigenvalue weighted by Gasteiger charge is 2.27. The fourth-order valence-electron chi connectivity index (χ4n) is 3.50. The van der Waals surface area contributed by atoms with E-state index in [1.165, 1.54) is 56.6 Å². The Morgan fingerprint density at radius 1 is 0.941 bits per heavy atom. The van der Waals surface area contributed by atoms with Crippen molar-refractivity contribution in [3.05, 3.63) is 83.0 Å². The molecule has 10 heteroatoms. The summed E-state index contributed by atoms with van der Waals surface area (Å²) in [4.78, 5) is 12.2. The van der Waals surface area contributed by atoms with Crippen molar-refractivity contribution >= 4 is 28.2 Å². The lowest BCUT2D eigenvalue weighted by Crippen LogP contribution is -2.20. The van der Waals surface area contributed by atoms with Gasteiger partial charge in [0.25, 0.3) is 6.43 Å². The average Bonchev–Trinajstić information content (AvgIpc) is 2.78. The Hall–Kier alpha value is -3.30. The maximum absolute atomic E-state index is 15.0. The third-order valence-corrected chi connectivity index (χ3v) is 5.49. The summed E-state index contributed by atoms with van der Waals surface area (Å²) in [6.07, 6.45) is 0.965. The van der Waals surface area contributed by atoms with Crippen LogP contribution in [0.3, 0.4) is 0 Å². The lowest BCUT2D eigenvalue weighted by Gasteiger charge is -2.22. The van der Waals surface area contributed by atoms with E-state index in [9.17, 15) is 22.7 Å². The molecule has 4 aromatic rings. The summed E-state index contributed by atoms with van der Waals surface area (Å²) in [7, 11) is 0. The van der Waals surface area contributed by atoms with Crippen LogP contribution < -0.4 is 5.32 Å². The van der Waals surface area contributed by atoms with Gasteiger partial charge < -0.3 is 10.4 Å². The molecule has 1 atom stereocenters. The summed E-state index contributed by atoms with van der Waals surface area (Å²) < 4.78 is 57.1. The lowest BCUT2D eigenvalue weighted by atomic mass is 10.0. The Morgan fingerprint density at radius 2 is 1.62 bits per heavy atom. The number of hydrogen-bond donors (Lipinski definition) is 2. The van der Waals surface area contributed by atoms with Gasteiger partial charge >= 0.3 is 0 Å². The molecule has 0 amide bonds. The Morgan fingerprint density at radius 3 is 2.24 bits per heavy atom. The van der Waals surface area contributed by atoms with Gasteiger partial charge in [-0.1, -0.05) is 29.8 Å². The molecule has 0 aliphatic heterocycles. The third-order valence-electron chi connectivity index (χ3n) is 5.20. The first kappa shape index (κ1) is 23.8. The Kier molecular flexibility index (Phi) is 6.42. The summed E-state index contributed by atoms with van der Waals surface area (Å²) in [6.45, 7) is 3.05. The molecule has 34 heavy (non-hydrogen) atoms. The largest absolute Gasteiger partial charge is 0.382 e. The quantitative estimate of drug-likeness (QED) is 0.312. The minimum absolute atomic E-state index is 0.0185. The smallest absolute Gasteiger partial charge is 0.262 e. The number of benzene rings is 2. The molecule has 0 spiro atoms. The van der Waals surface area contributed by atoms with Gasteiger partial charge in [-0.25, -0.2) is 27.5 Å². The van der Waals surface area contributed by atoms with Gasteiger partial charge in [0.2, 0.25) is 0 Å². The molecule has 0 bridgehead atoms. The maximum Gasteiger partial charge on any atom is 0.262 e. The van der Waals surface area contributed by atoms with Gasteiger partial charge in [0.1, 0.15) is 28.8 Å². The number of fused-ring (bicyclic) bond motifs is 1. The second-order valence-corrected chi connectivity index (χ2v) is 8.57. The first-order valence-electron chi connectivity index (χ1n) is 10.2. The molecule has 0 fully saturated rings. The molecule has 2 N–H and O–H groups in total. The average molecular weight is 491 g/mol. The molecule has 0 aliphatic carbocycles. The van der Waals surface area contributed by atoms with Gasteiger partial charge in [-0.05, 0) is 37.6 Å². The molecular weight excluding hydrogens is 472 g/mol. The summed E-state index contributed by atoms with van der Waals surface area (Å²) in [5, 5.41) is 12.7. The monoisotopic (exact) mass is 490 g/mol. The van der Waals surface area contributed by atoms with Crippen LogP contribution in [0.4, 0.5) is 23.2 Å². The Labute approximate surface area is 197 Å². The van der Waals surface area contributed by atoms with E-state index in [1.54, 1.807) is 0 Å². The number of alkyl halides is 2. The van der Waals surface area contributed by atoms with E-state index in [4.69, 9.17) is 11.6 Å². The summed E-state index contributed by atoms with van der Waals surface area (Å²) in [6, 6.07) is 6.12. The first-order chi connectivity index (χ1) is 16.1. The second-order valence-electron chi connectivity index (χ2n) is 8.17. The van der Waals surface area contributed by atoms with Crippen LogP contribution in [-0.2, 0) is 5.60 Å². The van der Waals surface area contributed by atoms with Crippen molar-refractivity contribution < 1.29 is 22.7 Å². The topological polar surface area (TPSA) is 70.9 Å². The summed E-state index contributed by atoms with van der Waals surface area (Å²) in [5.41, 5.74) is -0.899. The van der Waals surface area contributed by atoms with E-state index < -0.39 is 29.7 Å². The van der Waals surface area contributed by atoms with Gasteiger partial charge in [-0.15, -0.1) is 0 Å². The number of pyridine rings is 1. The zero-order valence-corrected chi connectivity index (χ0v) is 18.8. The fourth-order valence-corrected chi connectivity index (χ4v) is 3.71. The molecule has 0 saturated carbocycles. The van der Waals surface area contributed by atoms with Crippen molar-refractivity contribution in [2.24, 2.45) is 0 Å². The lowest BCUT2D eigenvalue weighted by molar-refractivity contribution is 0.0687. The van der Waals surface area contributed by atoms with Crippen LogP contribution in [-0.4, -0.2) is 26.5 Å². The highest BCUT2D eigenvalue weighted by molar-refractivity contribution is 6.34. The number of anilines is 1. The van der Waals surface area contributed by atoms with Crippen LogP contribution in [0.1, 0.15) is 31.3 Å². The molecule has 2 aromatic carbocycles. The zero-order valence-electron chi connectivity index (χ0n) is 18.0. The van der Waals surface area contributed by atoms with Gasteiger partial charge in [0.05, 0.1) is 10.7 Å². The molecule has 4 rings (SSSR count). The molecule has 0 saturated heterocycles. The normalized spacial score (nSPS) is 12.9. The van der Waals surface area contributed by atoms with E-state index >= 15 is 0 Å². The molecule has 0 radical (unpaired) electrons. The Balaban J connectivity index is 1.83. The fraction of sp³-hybridized carbons (Fsp3) is 0.208. The van der Waals surface area contributed by atoms with Gasteiger partial charge in [0.15, 0.2) is 5.82 Å². The van der Waals surface area contributed by atoms with Crippen LogP contribution in [0.2, 0.25) is 5.02 Å². The number of nitrogens with zero attached hydrogens (tertiary/aromatic N) is 3. The van der Waals surface area contributed by atoms with E-state index in [1.807, 2.05) is 0 Å². The van der Waals surface area contributed by atoms with Crippen molar-refractivity contribution in [1.29, 1.82) is 0 Å². The van der Waals surface area contributed by atoms with E-state index in [2.05, 4.69) is 20.3 Å². The van der Waals surface area contributed by atoms with Crippen molar-refractivity contribution in [3.8, 4) is 11.1 Å². The van der Waals surface area contributed by atoms with Gasteiger partial charge in [-0.2, -0.15) is 0 Å². The van der Waals surface area contributed by atoms with Crippen molar-refractivity contribution in [3.63, 3.8) is 0 Å². The zero-order chi connectivity index (χ0) is 24.6. The minimum Gasteiger partial charge on any atom is -0.382 e. The van der Waals surface area contributed by atoms with Crippen LogP contribution in [0, 0.1) is 11.6 Å². The number of halogens is 5. The molecule has 5 nitrogen and oxygen atoms in total.